The maximum Gasteiger partial charge on any atom is 0.258 e. The van der Waals surface area contributed by atoms with Crippen LogP contribution in [0.25, 0.3) is 11.6 Å². The summed E-state index contributed by atoms with van der Waals surface area (Å²) in [5, 5.41) is 0.294. The van der Waals surface area contributed by atoms with Gasteiger partial charge in [-0.2, -0.15) is 0 Å². The largest absolute Gasteiger partial charge is 0.308 e. The van der Waals surface area contributed by atoms with Crippen molar-refractivity contribution in [1.29, 1.82) is 0 Å². The van der Waals surface area contributed by atoms with Gasteiger partial charge >= 0.3 is 0 Å². The summed E-state index contributed by atoms with van der Waals surface area (Å²) in [6, 6.07) is 12.0. The van der Waals surface area contributed by atoms with E-state index in [1.54, 1.807) is 17.0 Å². The molecule has 0 radical (unpaired) electrons. The Bertz CT molecular complexity index is 734. The first-order valence-corrected chi connectivity index (χ1v) is 7.08. The van der Waals surface area contributed by atoms with Crippen LogP contribution in [0.2, 0.25) is 5.02 Å². The lowest BCUT2D eigenvalue weighted by atomic mass is 10.0. The second kappa shape index (κ2) is 5.34. The summed E-state index contributed by atoms with van der Waals surface area (Å²) in [7, 11) is 0. The summed E-state index contributed by atoms with van der Waals surface area (Å²) in [6.45, 7) is 2.48. The first-order chi connectivity index (χ1) is 10.1. The van der Waals surface area contributed by atoms with Gasteiger partial charge in [0.15, 0.2) is 0 Å². The number of carbonyl (C=O) groups excluding carboxylic acids is 1. The zero-order valence-corrected chi connectivity index (χ0v) is 12.2. The third kappa shape index (κ3) is 2.24. The van der Waals surface area contributed by atoms with E-state index in [-0.39, 0.29) is 11.5 Å². The van der Waals surface area contributed by atoms with Crippen molar-refractivity contribution in [2.75, 3.05) is 11.4 Å². The van der Waals surface area contributed by atoms with Gasteiger partial charge < -0.3 is 4.90 Å². The molecule has 0 aliphatic carbocycles. The number of hydrogen-bond donors (Lipinski definition) is 0. The van der Waals surface area contributed by atoms with Crippen molar-refractivity contribution in [2.24, 2.45) is 0 Å². The number of amides is 1. The number of rotatable bonds is 2. The van der Waals surface area contributed by atoms with Crippen LogP contribution in [-0.4, -0.2) is 12.5 Å². The minimum Gasteiger partial charge on any atom is -0.308 e. The standard InChI is InChI=1S/C17H13ClFNO/c1-2-20-16-9-4-3-6-11(16)12(17(20)21)10-13-14(18)7-5-8-15(13)19/h3-10H,2H2,1H3/b12-10+. The molecule has 1 amide bonds. The minimum atomic E-state index is -0.435. The van der Waals surface area contributed by atoms with E-state index in [1.807, 2.05) is 31.2 Å². The third-order valence-electron chi connectivity index (χ3n) is 3.57. The molecule has 2 nitrogen and oxygen atoms in total. The van der Waals surface area contributed by atoms with Gasteiger partial charge in [-0.3, -0.25) is 4.79 Å². The molecule has 0 atom stereocenters. The number of anilines is 1. The van der Waals surface area contributed by atoms with Crippen LogP contribution in [0.4, 0.5) is 10.1 Å². The topological polar surface area (TPSA) is 20.3 Å². The maximum atomic E-state index is 13.9. The lowest BCUT2D eigenvalue weighted by Crippen LogP contribution is -2.25. The fourth-order valence-corrected chi connectivity index (χ4v) is 2.77. The highest BCUT2D eigenvalue weighted by atomic mass is 35.5. The van der Waals surface area contributed by atoms with E-state index in [9.17, 15) is 9.18 Å². The molecular formula is C17H13ClFNO. The van der Waals surface area contributed by atoms with Crippen LogP contribution in [0.5, 0.6) is 0 Å². The zero-order valence-electron chi connectivity index (χ0n) is 11.4. The molecular weight excluding hydrogens is 289 g/mol. The summed E-state index contributed by atoms with van der Waals surface area (Å²) in [6.07, 6.45) is 1.54. The van der Waals surface area contributed by atoms with E-state index in [4.69, 9.17) is 11.6 Å². The van der Waals surface area contributed by atoms with Crippen molar-refractivity contribution in [3.63, 3.8) is 0 Å². The Labute approximate surface area is 127 Å². The van der Waals surface area contributed by atoms with Gasteiger partial charge in [-0.05, 0) is 31.2 Å². The number of carbonyl (C=O) groups is 1. The Morgan fingerprint density at radius 3 is 2.67 bits per heavy atom. The van der Waals surface area contributed by atoms with Crippen molar-refractivity contribution >= 4 is 34.8 Å². The monoisotopic (exact) mass is 301 g/mol. The molecule has 4 heteroatoms. The average molecular weight is 302 g/mol. The van der Waals surface area contributed by atoms with Gasteiger partial charge in [0.25, 0.3) is 5.91 Å². The highest BCUT2D eigenvalue weighted by Gasteiger charge is 2.31. The Morgan fingerprint density at radius 1 is 1.19 bits per heavy atom. The van der Waals surface area contributed by atoms with E-state index in [0.717, 1.165) is 11.3 Å². The Morgan fingerprint density at radius 2 is 1.95 bits per heavy atom. The fraction of sp³-hybridized carbons (Fsp3) is 0.118. The van der Waals surface area contributed by atoms with E-state index in [1.165, 1.54) is 12.1 Å². The van der Waals surface area contributed by atoms with Crippen LogP contribution >= 0.6 is 11.6 Å². The predicted molar refractivity (Wildman–Crippen MR) is 83.8 cm³/mol. The van der Waals surface area contributed by atoms with E-state index < -0.39 is 5.82 Å². The number of likely N-dealkylation sites (N-methyl/N-ethyl adjacent to an activating group) is 1. The van der Waals surface area contributed by atoms with E-state index in [2.05, 4.69) is 0 Å². The van der Waals surface area contributed by atoms with Crippen molar-refractivity contribution in [3.8, 4) is 0 Å². The fourth-order valence-electron chi connectivity index (χ4n) is 2.55. The van der Waals surface area contributed by atoms with Crippen LogP contribution in [0.15, 0.2) is 42.5 Å². The first kappa shape index (κ1) is 13.8. The first-order valence-electron chi connectivity index (χ1n) is 6.70. The molecule has 1 aliphatic heterocycles. The summed E-state index contributed by atoms with van der Waals surface area (Å²) < 4.78 is 13.9. The Kier molecular flexibility index (Phi) is 3.52. The van der Waals surface area contributed by atoms with Crippen LogP contribution < -0.4 is 4.90 Å². The number of para-hydroxylation sites is 1. The number of fused-ring (bicyclic) bond motifs is 1. The molecule has 0 N–H and O–H groups in total. The molecule has 0 aromatic heterocycles. The molecule has 0 fully saturated rings. The van der Waals surface area contributed by atoms with E-state index >= 15 is 0 Å². The molecule has 0 saturated carbocycles. The average Bonchev–Trinajstić information content (AvgIpc) is 2.75. The molecule has 1 aliphatic rings. The van der Waals surface area contributed by atoms with Crippen molar-refractivity contribution < 1.29 is 9.18 Å². The third-order valence-corrected chi connectivity index (χ3v) is 3.89. The van der Waals surface area contributed by atoms with Crippen molar-refractivity contribution in [1.82, 2.24) is 0 Å². The van der Waals surface area contributed by atoms with Crippen molar-refractivity contribution in [2.45, 2.75) is 6.92 Å². The molecule has 106 valence electrons. The minimum absolute atomic E-state index is 0.127. The van der Waals surface area contributed by atoms with Gasteiger partial charge in [0, 0.05) is 23.2 Å². The maximum absolute atomic E-state index is 13.9. The highest BCUT2D eigenvalue weighted by Crippen LogP contribution is 2.38. The van der Waals surface area contributed by atoms with Gasteiger partial charge in [-0.1, -0.05) is 35.9 Å². The second-order valence-corrected chi connectivity index (χ2v) is 5.17. The lowest BCUT2D eigenvalue weighted by Gasteiger charge is -2.13. The summed E-state index contributed by atoms with van der Waals surface area (Å²) in [5.74, 6) is -0.562. The molecule has 0 unspecified atom stereocenters. The molecule has 1 heterocycles. The van der Waals surface area contributed by atoms with Crippen LogP contribution in [0, 0.1) is 5.82 Å². The number of nitrogens with zero attached hydrogens (tertiary/aromatic N) is 1. The lowest BCUT2D eigenvalue weighted by molar-refractivity contribution is -0.112. The number of benzene rings is 2. The number of hydrogen-bond acceptors (Lipinski definition) is 1. The summed E-state index contributed by atoms with van der Waals surface area (Å²) in [4.78, 5) is 14.2. The second-order valence-electron chi connectivity index (χ2n) is 4.76. The smallest absolute Gasteiger partial charge is 0.258 e. The molecule has 2 aromatic carbocycles. The quantitative estimate of drug-likeness (QED) is 0.754. The molecule has 0 spiro atoms. The normalized spacial score (nSPS) is 15.7. The highest BCUT2D eigenvalue weighted by molar-refractivity contribution is 6.37. The SMILES string of the molecule is CCN1C(=O)/C(=C/c2c(F)cccc2Cl)c2ccccc21. The predicted octanol–water partition coefficient (Wildman–Crippen LogP) is 4.39. The van der Waals surface area contributed by atoms with Crippen LogP contribution in [0.1, 0.15) is 18.1 Å². The van der Waals surface area contributed by atoms with Crippen LogP contribution in [-0.2, 0) is 4.79 Å². The molecule has 0 saturated heterocycles. The van der Waals surface area contributed by atoms with Gasteiger partial charge in [0.1, 0.15) is 5.82 Å². The molecule has 0 bridgehead atoms. The summed E-state index contributed by atoms with van der Waals surface area (Å²) >= 11 is 6.04. The molecule has 3 rings (SSSR count). The summed E-state index contributed by atoms with van der Waals surface area (Å²) in [5.41, 5.74) is 2.38. The Balaban J connectivity index is 2.19. The number of halogens is 2. The molecule has 2 aromatic rings. The van der Waals surface area contributed by atoms with Crippen molar-refractivity contribution in [3.05, 3.63) is 64.4 Å². The van der Waals surface area contributed by atoms with Gasteiger partial charge in [-0.15, -0.1) is 0 Å². The zero-order chi connectivity index (χ0) is 15.0. The van der Waals surface area contributed by atoms with E-state index in [0.29, 0.717) is 17.1 Å². The Hall–Kier alpha value is -2.13. The van der Waals surface area contributed by atoms with Gasteiger partial charge in [0.2, 0.25) is 0 Å². The van der Waals surface area contributed by atoms with Gasteiger partial charge in [-0.25, -0.2) is 4.39 Å². The molecule has 21 heavy (non-hydrogen) atoms. The van der Waals surface area contributed by atoms with Crippen LogP contribution in [0.3, 0.4) is 0 Å². The van der Waals surface area contributed by atoms with Gasteiger partial charge in [0.05, 0.1) is 10.7 Å².